The zero-order chi connectivity index (χ0) is 2.71. The van der Waals surface area contributed by atoms with Gasteiger partial charge in [-0.05, 0) is 0 Å². The number of rotatable bonds is 0. The molecule has 36 valence electrons. The van der Waals surface area contributed by atoms with Crippen LogP contribution in [0.15, 0.2) is 0 Å². The highest BCUT2D eigenvalue weighted by atomic mass is 79.9. The van der Waals surface area contributed by atoms with E-state index in [0.29, 0.717) is 0 Å². The van der Waals surface area contributed by atoms with Crippen LogP contribution < -0.4 is 0 Å². The van der Waals surface area contributed by atoms with Crippen molar-refractivity contribution in [2.45, 2.75) is 6.92 Å². The topological polar surface area (TPSA) is 0 Å². The van der Waals surface area contributed by atoms with Gasteiger partial charge in [0.2, 0.25) is 0 Å². The first-order valence-corrected chi connectivity index (χ1v) is 2.10. The third kappa shape index (κ3) is 35.2. The summed E-state index contributed by atoms with van der Waals surface area (Å²) in [6, 6.07) is 0. The summed E-state index contributed by atoms with van der Waals surface area (Å²) in [5, 5.41) is 1.06. The van der Waals surface area contributed by atoms with Gasteiger partial charge in [0.25, 0.3) is 0 Å². The molecule has 0 fully saturated rings. The van der Waals surface area contributed by atoms with Gasteiger partial charge < -0.3 is 0 Å². The fourth-order valence-corrected chi connectivity index (χ4v) is 0. The minimum atomic E-state index is 0. The molecule has 0 spiro atoms. The molecule has 0 aliphatic carbocycles. The summed E-state index contributed by atoms with van der Waals surface area (Å²) in [7, 11) is 0. The lowest BCUT2D eigenvalue weighted by molar-refractivity contribution is 1.56. The molecule has 0 nitrogen and oxygen atoms in total. The summed E-state index contributed by atoms with van der Waals surface area (Å²) in [5.41, 5.74) is 0. The van der Waals surface area contributed by atoms with Crippen molar-refractivity contribution >= 4 is 39.3 Å². The summed E-state index contributed by atoms with van der Waals surface area (Å²) >= 11 is 3.15. The van der Waals surface area contributed by atoms with Crippen LogP contribution in [0, 0.1) is 0 Å². The number of halogens is 1. The molecule has 0 bridgehead atoms. The molecule has 0 heterocycles. The molecule has 5 heavy (non-hydrogen) atoms. The molecule has 0 saturated carbocycles. The summed E-state index contributed by atoms with van der Waals surface area (Å²) in [4.78, 5) is 0. The first-order chi connectivity index (χ1) is 1.41. The monoisotopic (exact) mass is 176 g/mol. The normalized spacial score (nSPS) is 3.60. The third-order valence-electron chi connectivity index (χ3n) is 0. The molecule has 0 aliphatic heterocycles. The number of hydrogen-bond acceptors (Lipinski definition) is 0. The van der Waals surface area contributed by atoms with Gasteiger partial charge in [0, 0.05) is 5.33 Å². The fraction of sp³-hybridized carbons (Fsp3) is 1.00. The van der Waals surface area contributed by atoms with Gasteiger partial charge >= 0.3 is 0 Å². The van der Waals surface area contributed by atoms with E-state index in [1.807, 2.05) is 6.92 Å². The Balaban J connectivity index is -0.0000000200. The quantitative estimate of drug-likeness (QED) is 0.389. The second-order valence-electron chi connectivity index (χ2n) is 0.267. The van der Waals surface area contributed by atoms with Crippen molar-refractivity contribution in [3.8, 4) is 0 Å². The van der Waals surface area contributed by atoms with E-state index in [-0.39, 0.29) is 23.4 Å². The van der Waals surface area contributed by atoms with Gasteiger partial charge in [-0.15, -0.1) is 0 Å². The lowest BCUT2D eigenvalue weighted by atomic mass is 11.0. The molecule has 1 unspecified atom stereocenters. The highest BCUT2D eigenvalue weighted by molar-refractivity contribution is 9.09. The predicted octanol–water partition coefficient (Wildman–Crippen LogP) is 1.57. The van der Waals surface area contributed by atoms with Gasteiger partial charge in [0.05, 0.1) is 0 Å². The third-order valence-corrected chi connectivity index (χ3v) is 0. The molecule has 1 atom stereocenters. The van der Waals surface area contributed by atoms with E-state index in [9.17, 15) is 0 Å². The second kappa shape index (κ2) is 18.7. The van der Waals surface area contributed by atoms with Gasteiger partial charge in [0.1, 0.15) is 0 Å². The highest BCUT2D eigenvalue weighted by Crippen LogP contribution is 1.67. The van der Waals surface area contributed by atoms with Crippen LogP contribution in [0.2, 0.25) is 0 Å². The zero-order valence-corrected chi connectivity index (χ0v) is 7.29. The lowest BCUT2D eigenvalue weighted by Crippen LogP contribution is -1.34. The maximum atomic E-state index is 3.15. The minimum absolute atomic E-state index is 0. The van der Waals surface area contributed by atoms with Crippen LogP contribution in [0.3, 0.4) is 0 Å². The summed E-state index contributed by atoms with van der Waals surface area (Å²) in [6.07, 6.45) is 0. The Hall–Kier alpha value is 1.26. The zero-order valence-electron chi connectivity index (χ0n) is 3.29. The van der Waals surface area contributed by atoms with Gasteiger partial charge in [-0.25, -0.2) is 0 Å². The largest absolute Gasteiger partial charge is 0.197 e. The summed E-state index contributed by atoms with van der Waals surface area (Å²) in [5.74, 6) is 0. The molecule has 3 heteroatoms. The molecule has 0 radical (unpaired) electrons. The Kier molecular flexibility index (Phi) is 60.9. The Morgan fingerprint density at radius 1 is 1.60 bits per heavy atom. The van der Waals surface area contributed by atoms with Crippen molar-refractivity contribution < 1.29 is 0 Å². The first-order valence-electron chi connectivity index (χ1n) is 0.974. The maximum absolute atomic E-state index is 3.15. The first kappa shape index (κ1) is 16.3. The van der Waals surface area contributed by atoms with E-state index in [1.165, 1.54) is 0 Å². The van der Waals surface area contributed by atoms with Crippen LogP contribution >= 0.6 is 39.3 Å². The Morgan fingerprint density at radius 3 is 1.60 bits per heavy atom. The summed E-state index contributed by atoms with van der Waals surface area (Å²) in [6.45, 7) is 2.04. The standard InChI is InChI=1S/C2H5Br.H3P.H2S/c1-2-3;;/h2H2,1H3;1H3;1H2. The lowest BCUT2D eigenvalue weighted by Gasteiger charge is -1.45. The van der Waals surface area contributed by atoms with E-state index in [4.69, 9.17) is 0 Å². The molecule has 0 saturated heterocycles. The van der Waals surface area contributed by atoms with Crippen molar-refractivity contribution in [2.75, 3.05) is 5.33 Å². The Bertz CT molecular complexity index is 9.61. The van der Waals surface area contributed by atoms with E-state index in [2.05, 4.69) is 15.9 Å². The van der Waals surface area contributed by atoms with E-state index >= 15 is 0 Å². The molecule has 0 aromatic heterocycles. The molecule has 0 aliphatic rings. The fourth-order valence-electron chi connectivity index (χ4n) is 0. The summed E-state index contributed by atoms with van der Waals surface area (Å²) < 4.78 is 0. The molecule has 0 aromatic rings. The second-order valence-corrected chi connectivity index (χ2v) is 1.39. The van der Waals surface area contributed by atoms with Crippen molar-refractivity contribution in [1.82, 2.24) is 0 Å². The van der Waals surface area contributed by atoms with E-state index in [0.717, 1.165) is 5.33 Å². The van der Waals surface area contributed by atoms with Crippen LogP contribution in [0.5, 0.6) is 0 Å². The molecular formula is C2H10BrPS. The van der Waals surface area contributed by atoms with Crippen molar-refractivity contribution in [3.63, 3.8) is 0 Å². The smallest absolute Gasteiger partial charge is 0.000281 e. The van der Waals surface area contributed by atoms with E-state index < -0.39 is 0 Å². The van der Waals surface area contributed by atoms with Gasteiger partial charge in [-0.2, -0.15) is 23.4 Å². The van der Waals surface area contributed by atoms with E-state index in [1.54, 1.807) is 0 Å². The van der Waals surface area contributed by atoms with Crippen LogP contribution in [0.1, 0.15) is 6.92 Å². The van der Waals surface area contributed by atoms with Crippen LogP contribution in [0.4, 0.5) is 0 Å². The van der Waals surface area contributed by atoms with Gasteiger partial charge in [0.15, 0.2) is 0 Å². The van der Waals surface area contributed by atoms with Crippen molar-refractivity contribution in [1.29, 1.82) is 0 Å². The molecule has 0 rings (SSSR count). The molecule has 0 amide bonds. The molecule has 0 N–H and O–H groups in total. The predicted molar refractivity (Wildman–Crippen MR) is 41.0 cm³/mol. The van der Waals surface area contributed by atoms with Crippen molar-refractivity contribution in [3.05, 3.63) is 0 Å². The van der Waals surface area contributed by atoms with Gasteiger partial charge in [-0.3, -0.25) is 0 Å². The Labute approximate surface area is 51.9 Å². The maximum Gasteiger partial charge on any atom is 0.000281 e. The average molecular weight is 177 g/mol. The minimum Gasteiger partial charge on any atom is -0.197 e. The highest BCUT2D eigenvalue weighted by Gasteiger charge is 1.38. The van der Waals surface area contributed by atoms with Crippen molar-refractivity contribution in [2.24, 2.45) is 0 Å². The SMILES string of the molecule is CCBr.P.S. The van der Waals surface area contributed by atoms with Crippen LogP contribution in [0.25, 0.3) is 0 Å². The molecule has 0 aromatic carbocycles. The van der Waals surface area contributed by atoms with Crippen LogP contribution in [-0.4, -0.2) is 5.33 Å². The van der Waals surface area contributed by atoms with Crippen LogP contribution in [-0.2, 0) is 0 Å². The Morgan fingerprint density at radius 2 is 1.60 bits per heavy atom. The number of hydrogen-bond donors (Lipinski definition) is 0. The molecular weight excluding hydrogens is 167 g/mol. The number of alkyl halides is 1. The average Bonchev–Trinajstić information content (AvgIpc) is 0.918. The van der Waals surface area contributed by atoms with Gasteiger partial charge in [-0.1, -0.05) is 22.9 Å².